The van der Waals surface area contributed by atoms with E-state index in [1.165, 1.54) is 12.1 Å². The molecule has 1 rings (SSSR count). The highest BCUT2D eigenvalue weighted by Crippen LogP contribution is 2.15. The maximum atomic E-state index is 12.1. The third-order valence-electron chi connectivity index (χ3n) is 2.87. The molecule has 4 N–H and O–H groups in total. The summed E-state index contributed by atoms with van der Waals surface area (Å²) in [6, 6.07) is 5.17. The number of carbonyl (C=O) groups excluding carboxylic acids is 1. The normalized spacial score (nSPS) is 13.2. The van der Waals surface area contributed by atoms with Crippen molar-refractivity contribution in [3.63, 3.8) is 0 Å². The van der Waals surface area contributed by atoms with Gasteiger partial charge in [-0.25, -0.2) is 8.42 Å². The van der Waals surface area contributed by atoms with Crippen molar-refractivity contribution in [1.29, 1.82) is 0 Å². The average Bonchev–Trinajstić information content (AvgIpc) is 2.38. The van der Waals surface area contributed by atoms with Gasteiger partial charge in [-0.15, -0.1) is 0 Å². The Morgan fingerprint density at radius 2 is 1.79 bits per heavy atom. The Morgan fingerprint density at radius 1 is 1.21 bits per heavy atom. The zero-order valence-electron chi connectivity index (χ0n) is 11.0. The topological polar surface area (TPSA) is 103 Å². The molecule has 106 valence electrons. The van der Waals surface area contributed by atoms with Gasteiger partial charge in [-0.2, -0.15) is 0 Å². The van der Waals surface area contributed by atoms with Gasteiger partial charge in [0, 0.05) is 0 Å². The molecule has 1 aromatic carbocycles. The maximum Gasteiger partial charge on any atom is 0.267 e. The van der Waals surface area contributed by atoms with Gasteiger partial charge in [-0.3, -0.25) is 4.79 Å². The summed E-state index contributed by atoms with van der Waals surface area (Å²) in [4.78, 5) is 11.9. The van der Waals surface area contributed by atoms with E-state index in [2.05, 4.69) is 0 Å². The monoisotopic (exact) mass is 284 g/mol. The highest BCUT2D eigenvalue weighted by Gasteiger charge is 2.29. The van der Waals surface area contributed by atoms with Crippen LogP contribution in [0, 0.1) is 6.92 Å². The molecule has 0 aliphatic rings. The van der Waals surface area contributed by atoms with Gasteiger partial charge < -0.3 is 11.5 Å². The Hall–Kier alpha value is -1.24. The van der Waals surface area contributed by atoms with E-state index in [1.807, 2.05) is 6.92 Å². The van der Waals surface area contributed by atoms with Crippen molar-refractivity contribution < 1.29 is 13.2 Å². The number of nitrogens with two attached hydrogens (primary N) is 2. The van der Waals surface area contributed by atoms with Crippen LogP contribution in [0.5, 0.6) is 0 Å². The van der Waals surface area contributed by atoms with Gasteiger partial charge in [-0.05, 0) is 38.4 Å². The third kappa shape index (κ3) is 4.12. The Bertz CT molecular complexity index is 523. The van der Waals surface area contributed by atoms with E-state index >= 15 is 0 Å². The number of sulfone groups is 1. The van der Waals surface area contributed by atoms with Crippen molar-refractivity contribution in [1.82, 2.24) is 0 Å². The smallest absolute Gasteiger partial charge is 0.267 e. The van der Waals surface area contributed by atoms with Crippen LogP contribution >= 0.6 is 0 Å². The van der Waals surface area contributed by atoms with Crippen LogP contribution in [-0.2, 0) is 14.6 Å². The number of carbonyl (C=O) groups is 1. The number of rotatable bonds is 6. The quantitative estimate of drug-likeness (QED) is 0.750. The summed E-state index contributed by atoms with van der Waals surface area (Å²) in [6.45, 7) is 2.35. The van der Waals surface area contributed by atoms with Crippen molar-refractivity contribution in [2.75, 3.05) is 6.54 Å². The Balaban J connectivity index is 2.82. The first-order valence-corrected chi connectivity index (χ1v) is 7.69. The number of aryl methyl sites for hydroxylation is 1. The van der Waals surface area contributed by atoms with Crippen molar-refractivity contribution in [2.24, 2.45) is 11.5 Å². The lowest BCUT2D eigenvalue weighted by Gasteiger charge is -2.10. The first-order chi connectivity index (χ1) is 8.89. The van der Waals surface area contributed by atoms with Gasteiger partial charge in [0.2, 0.25) is 9.84 Å². The standard InChI is InChI=1S/C13H20N2O3S/c1-10-5-7-11(8-6-10)19(17,18)13(16)12(15)4-2-3-9-14/h5-8,12H,2-4,9,14-15H2,1H3/t12-/m0/s1. The zero-order valence-corrected chi connectivity index (χ0v) is 11.8. The largest absolute Gasteiger partial charge is 0.330 e. The van der Waals surface area contributed by atoms with Crippen LogP contribution in [0.15, 0.2) is 29.2 Å². The molecule has 5 nitrogen and oxygen atoms in total. The van der Waals surface area contributed by atoms with Gasteiger partial charge in [0.15, 0.2) is 0 Å². The summed E-state index contributed by atoms with van der Waals surface area (Å²) >= 11 is 0. The Labute approximate surface area is 113 Å². The van der Waals surface area contributed by atoms with E-state index in [0.717, 1.165) is 12.0 Å². The van der Waals surface area contributed by atoms with Gasteiger partial charge in [-0.1, -0.05) is 24.1 Å². The fourth-order valence-corrected chi connectivity index (χ4v) is 2.90. The maximum absolute atomic E-state index is 12.1. The molecule has 6 heteroatoms. The Kier molecular flexibility index (Phi) is 5.65. The minimum Gasteiger partial charge on any atom is -0.330 e. The van der Waals surface area contributed by atoms with E-state index in [0.29, 0.717) is 19.4 Å². The minimum atomic E-state index is -3.99. The molecule has 0 saturated heterocycles. The molecule has 0 amide bonds. The molecule has 0 aliphatic heterocycles. The molecule has 0 fully saturated rings. The van der Waals surface area contributed by atoms with E-state index < -0.39 is 21.0 Å². The predicted octanol–water partition coefficient (Wildman–Crippen LogP) is 0.752. The highest BCUT2D eigenvalue weighted by atomic mass is 32.2. The molecule has 1 atom stereocenters. The summed E-state index contributed by atoms with van der Waals surface area (Å²) in [5.41, 5.74) is 11.9. The molecule has 0 saturated carbocycles. The predicted molar refractivity (Wildman–Crippen MR) is 74.3 cm³/mol. The number of hydrogen-bond donors (Lipinski definition) is 2. The minimum absolute atomic E-state index is 0.00243. The van der Waals surface area contributed by atoms with Crippen molar-refractivity contribution in [2.45, 2.75) is 37.1 Å². The molecular weight excluding hydrogens is 264 g/mol. The van der Waals surface area contributed by atoms with E-state index in [9.17, 15) is 13.2 Å². The van der Waals surface area contributed by atoms with Crippen LogP contribution < -0.4 is 11.5 Å². The fraction of sp³-hybridized carbons (Fsp3) is 0.462. The van der Waals surface area contributed by atoms with Crippen molar-refractivity contribution in [3.8, 4) is 0 Å². The molecule has 0 aromatic heterocycles. The summed E-state index contributed by atoms with van der Waals surface area (Å²) in [6.07, 6.45) is 1.71. The summed E-state index contributed by atoms with van der Waals surface area (Å²) < 4.78 is 24.1. The van der Waals surface area contributed by atoms with Gasteiger partial charge in [0.05, 0.1) is 10.9 Å². The van der Waals surface area contributed by atoms with Crippen LogP contribution in [0.25, 0.3) is 0 Å². The van der Waals surface area contributed by atoms with Crippen molar-refractivity contribution in [3.05, 3.63) is 29.8 Å². The Morgan fingerprint density at radius 3 is 2.32 bits per heavy atom. The zero-order chi connectivity index (χ0) is 14.5. The molecule has 0 unspecified atom stereocenters. The van der Waals surface area contributed by atoms with Crippen LogP contribution in [0.4, 0.5) is 0 Å². The molecule has 0 heterocycles. The molecule has 0 aliphatic carbocycles. The highest BCUT2D eigenvalue weighted by molar-refractivity contribution is 8.06. The van der Waals surface area contributed by atoms with E-state index in [1.54, 1.807) is 12.1 Å². The second-order valence-electron chi connectivity index (χ2n) is 4.53. The summed E-state index contributed by atoms with van der Waals surface area (Å²) in [5.74, 6) is 0. The molecule has 0 bridgehead atoms. The number of unbranched alkanes of at least 4 members (excludes halogenated alkanes) is 1. The number of benzene rings is 1. The first kappa shape index (κ1) is 15.8. The molecule has 0 radical (unpaired) electrons. The van der Waals surface area contributed by atoms with Gasteiger partial charge in [0.1, 0.15) is 0 Å². The van der Waals surface area contributed by atoms with Crippen LogP contribution in [0.2, 0.25) is 0 Å². The van der Waals surface area contributed by atoms with Crippen LogP contribution in [0.3, 0.4) is 0 Å². The third-order valence-corrected chi connectivity index (χ3v) is 4.59. The average molecular weight is 284 g/mol. The molecule has 1 aromatic rings. The first-order valence-electron chi connectivity index (χ1n) is 6.21. The molecule has 0 spiro atoms. The van der Waals surface area contributed by atoms with E-state index in [-0.39, 0.29) is 4.90 Å². The fourth-order valence-electron chi connectivity index (χ4n) is 1.66. The van der Waals surface area contributed by atoms with Gasteiger partial charge in [0.25, 0.3) is 5.12 Å². The van der Waals surface area contributed by atoms with E-state index in [4.69, 9.17) is 11.5 Å². The summed E-state index contributed by atoms with van der Waals surface area (Å²) in [5, 5.41) is -0.923. The second-order valence-corrected chi connectivity index (χ2v) is 6.41. The van der Waals surface area contributed by atoms with Crippen molar-refractivity contribution >= 4 is 15.0 Å². The lowest BCUT2D eigenvalue weighted by Crippen LogP contribution is -2.36. The van der Waals surface area contributed by atoms with Crippen LogP contribution in [0.1, 0.15) is 24.8 Å². The lowest BCUT2D eigenvalue weighted by atomic mass is 10.1. The summed E-state index contributed by atoms with van der Waals surface area (Å²) in [7, 11) is -3.99. The molecule has 19 heavy (non-hydrogen) atoms. The lowest BCUT2D eigenvalue weighted by molar-refractivity contribution is -0.113. The molecular formula is C13H20N2O3S. The van der Waals surface area contributed by atoms with Gasteiger partial charge >= 0.3 is 0 Å². The second kappa shape index (κ2) is 6.79. The number of hydrogen-bond acceptors (Lipinski definition) is 5. The van der Waals surface area contributed by atoms with Crippen LogP contribution in [-0.4, -0.2) is 26.1 Å². The SMILES string of the molecule is Cc1ccc(S(=O)(=O)C(=O)[C@@H](N)CCCCN)cc1.